The Balaban J connectivity index is 1.43. The molecule has 3 aromatic rings. The molecule has 0 saturated carbocycles. The number of hydrogen-bond acceptors (Lipinski definition) is 4. The minimum atomic E-state index is -0.305. The van der Waals surface area contributed by atoms with E-state index in [2.05, 4.69) is 49.4 Å². The van der Waals surface area contributed by atoms with E-state index in [1.807, 2.05) is 14.0 Å². The van der Waals surface area contributed by atoms with Gasteiger partial charge in [-0.25, -0.2) is 4.79 Å². The van der Waals surface area contributed by atoms with Gasteiger partial charge in [-0.1, -0.05) is 18.2 Å². The molecule has 0 bridgehead atoms. The number of para-hydroxylation sites is 1. The van der Waals surface area contributed by atoms with Crippen molar-refractivity contribution in [1.29, 1.82) is 0 Å². The number of aromatic amines is 2. The van der Waals surface area contributed by atoms with Gasteiger partial charge in [0, 0.05) is 31.0 Å². The maximum absolute atomic E-state index is 12.8. The van der Waals surface area contributed by atoms with E-state index in [4.69, 9.17) is 0 Å². The summed E-state index contributed by atoms with van der Waals surface area (Å²) in [4.78, 5) is 34.2. The summed E-state index contributed by atoms with van der Waals surface area (Å²) in [6.07, 6.45) is 3.78. The molecule has 7 heteroatoms. The second-order valence-corrected chi connectivity index (χ2v) is 8.10. The van der Waals surface area contributed by atoms with Gasteiger partial charge in [0.25, 0.3) is 0 Å². The fourth-order valence-electron chi connectivity index (χ4n) is 4.05. The highest BCUT2D eigenvalue weighted by atomic mass is 16.2. The Morgan fingerprint density at radius 3 is 2.63 bits per heavy atom. The Kier molecular flexibility index (Phi) is 5.90. The molecule has 1 aliphatic rings. The summed E-state index contributed by atoms with van der Waals surface area (Å²) in [7, 11) is 1.98. The molecule has 7 nitrogen and oxygen atoms in total. The first-order valence-electron chi connectivity index (χ1n) is 10.6. The van der Waals surface area contributed by atoms with E-state index in [1.165, 1.54) is 30.5 Å². The molecule has 3 N–H and O–H groups in total. The number of nitrogens with one attached hydrogen (secondary N) is 3. The normalized spacial score (nSPS) is 15.5. The number of hydrogen-bond donors (Lipinski definition) is 3. The van der Waals surface area contributed by atoms with Crippen molar-refractivity contribution in [2.24, 2.45) is 0 Å². The van der Waals surface area contributed by atoms with Crippen LogP contribution in [0.1, 0.15) is 31.7 Å². The molecule has 1 aromatic heterocycles. The third-order valence-electron chi connectivity index (χ3n) is 5.93. The van der Waals surface area contributed by atoms with Gasteiger partial charge >= 0.3 is 5.69 Å². The summed E-state index contributed by atoms with van der Waals surface area (Å²) < 4.78 is 0. The van der Waals surface area contributed by atoms with Crippen molar-refractivity contribution in [2.75, 3.05) is 30.4 Å². The molecule has 1 fully saturated rings. The molecule has 1 aliphatic heterocycles. The Bertz CT molecular complexity index is 1080. The topological polar surface area (TPSA) is 84.2 Å². The number of carbonyl (C=O) groups excluding carboxylic acids is 1. The quantitative estimate of drug-likeness (QED) is 0.585. The zero-order valence-corrected chi connectivity index (χ0v) is 17.6. The number of carbonyl (C=O) groups is 1. The largest absolute Gasteiger partial charge is 0.371 e. The molecule has 0 aliphatic carbocycles. The summed E-state index contributed by atoms with van der Waals surface area (Å²) >= 11 is 0. The van der Waals surface area contributed by atoms with Gasteiger partial charge in [0.1, 0.15) is 0 Å². The van der Waals surface area contributed by atoms with Crippen LogP contribution in [0, 0.1) is 0 Å². The lowest BCUT2D eigenvalue weighted by Gasteiger charge is -2.32. The first kappa shape index (κ1) is 20.2. The van der Waals surface area contributed by atoms with Crippen LogP contribution in [-0.2, 0) is 11.3 Å². The zero-order valence-electron chi connectivity index (χ0n) is 17.6. The number of likely N-dealkylation sites (N-methyl/N-ethyl adjacent to an activating group) is 1. The Morgan fingerprint density at radius 1 is 1.10 bits per heavy atom. The molecule has 1 saturated heterocycles. The summed E-state index contributed by atoms with van der Waals surface area (Å²) in [6, 6.07) is 13.5. The second-order valence-electron chi connectivity index (χ2n) is 8.10. The minimum Gasteiger partial charge on any atom is -0.371 e. The lowest BCUT2D eigenvalue weighted by Crippen LogP contribution is -2.39. The molecule has 158 valence electrons. The lowest BCUT2D eigenvalue weighted by molar-refractivity contribution is -0.120. The molecule has 30 heavy (non-hydrogen) atoms. The Labute approximate surface area is 176 Å². The molecule has 0 spiro atoms. The SMILES string of the molecule is C[C@H](C(=O)Nc1ccc2[nH]c(=O)[nH]c2c1)N(C)Cc1ccccc1N1CCCCC1. The van der Waals surface area contributed by atoms with Crippen LogP contribution in [0.2, 0.25) is 0 Å². The monoisotopic (exact) mass is 407 g/mol. The minimum absolute atomic E-state index is 0.0785. The molecule has 0 unspecified atom stereocenters. The van der Waals surface area contributed by atoms with Gasteiger partial charge in [-0.15, -0.1) is 0 Å². The van der Waals surface area contributed by atoms with Gasteiger partial charge in [0.15, 0.2) is 0 Å². The van der Waals surface area contributed by atoms with E-state index in [-0.39, 0.29) is 17.6 Å². The third-order valence-corrected chi connectivity index (χ3v) is 5.93. The van der Waals surface area contributed by atoms with Crippen LogP contribution in [0.3, 0.4) is 0 Å². The predicted molar refractivity (Wildman–Crippen MR) is 121 cm³/mol. The third kappa shape index (κ3) is 4.41. The van der Waals surface area contributed by atoms with E-state index < -0.39 is 0 Å². The van der Waals surface area contributed by atoms with Gasteiger partial charge in [-0.3, -0.25) is 9.69 Å². The van der Waals surface area contributed by atoms with Gasteiger partial charge in [-0.2, -0.15) is 0 Å². The first-order valence-corrected chi connectivity index (χ1v) is 10.6. The average molecular weight is 408 g/mol. The predicted octanol–water partition coefficient (Wildman–Crippen LogP) is 3.31. The van der Waals surface area contributed by atoms with E-state index in [0.717, 1.165) is 18.6 Å². The molecule has 1 atom stereocenters. The van der Waals surface area contributed by atoms with Crippen LogP contribution in [0.25, 0.3) is 11.0 Å². The summed E-state index contributed by atoms with van der Waals surface area (Å²) in [5, 5.41) is 2.96. The fourth-order valence-corrected chi connectivity index (χ4v) is 4.05. The number of aromatic nitrogens is 2. The van der Waals surface area contributed by atoms with Crippen LogP contribution >= 0.6 is 0 Å². The number of fused-ring (bicyclic) bond motifs is 1. The number of amides is 1. The summed E-state index contributed by atoms with van der Waals surface area (Å²) in [6.45, 7) is 4.81. The standard InChI is InChI=1S/C23H29N5O2/c1-16(22(29)24-18-10-11-19-20(14-18)26-23(30)25-19)27(2)15-17-8-4-5-9-21(17)28-12-6-3-7-13-28/h4-5,8-11,14,16H,3,6-7,12-13,15H2,1-2H3,(H,24,29)(H2,25,26,30)/t16-/m1/s1. The maximum Gasteiger partial charge on any atom is 0.323 e. The molecular weight excluding hydrogens is 378 g/mol. The Morgan fingerprint density at radius 2 is 1.83 bits per heavy atom. The number of anilines is 2. The second kappa shape index (κ2) is 8.75. The van der Waals surface area contributed by atoms with Crippen LogP contribution in [0.5, 0.6) is 0 Å². The lowest BCUT2D eigenvalue weighted by atomic mass is 10.1. The first-order chi connectivity index (χ1) is 14.5. The van der Waals surface area contributed by atoms with Crippen LogP contribution in [0.4, 0.5) is 11.4 Å². The summed E-state index contributed by atoms with van der Waals surface area (Å²) in [5.74, 6) is -0.0785. The Hall–Kier alpha value is -3.06. The van der Waals surface area contributed by atoms with Crippen LogP contribution in [-0.4, -0.2) is 47.0 Å². The van der Waals surface area contributed by atoms with Crippen molar-refractivity contribution in [1.82, 2.24) is 14.9 Å². The van der Waals surface area contributed by atoms with Crippen LogP contribution in [0.15, 0.2) is 47.3 Å². The molecule has 4 rings (SSSR count). The molecule has 2 aromatic carbocycles. The van der Waals surface area contributed by atoms with Crippen molar-refractivity contribution >= 4 is 28.3 Å². The highest BCUT2D eigenvalue weighted by molar-refractivity contribution is 5.96. The number of benzene rings is 2. The number of piperidine rings is 1. The van der Waals surface area contributed by atoms with Gasteiger partial charge < -0.3 is 20.2 Å². The van der Waals surface area contributed by atoms with Crippen molar-refractivity contribution in [3.05, 3.63) is 58.5 Å². The van der Waals surface area contributed by atoms with Gasteiger partial charge in [0.2, 0.25) is 5.91 Å². The van der Waals surface area contributed by atoms with Crippen molar-refractivity contribution in [2.45, 2.75) is 38.8 Å². The number of rotatable bonds is 6. The smallest absolute Gasteiger partial charge is 0.323 e. The molecule has 0 radical (unpaired) electrons. The molecular formula is C23H29N5O2. The highest BCUT2D eigenvalue weighted by Gasteiger charge is 2.21. The van der Waals surface area contributed by atoms with Gasteiger partial charge in [0.05, 0.1) is 17.1 Å². The number of nitrogens with zero attached hydrogens (tertiary/aromatic N) is 2. The van der Waals surface area contributed by atoms with E-state index in [0.29, 0.717) is 17.7 Å². The fraction of sp³-hybridized carbons (Fsp3) is 0.391. The molecule has 1 amide bonds. The highest BCUT2D eigenvalue weighted by Crippen LogP contribution is 2.25. The molecule has 2 heterocycles. The number of imidazole rings is 1. The van der Waals surface area contributed by atoms with E-state index in [9.17, 15) is 9.59 Å². The van der Waals surface area contributed by atoms with Crippen LogP contribution < -0.4 is 15.9 Å². The van der Waals surface area contributed by atoms with Crippen molar-refractivity contribution in [3.8, 4) is 0 Å². The van der Waals surface area contributed by atoms with E-state index >= 15 is 0 Å². The summed E-state index contributed by atoms with van der Waals surface area (Å²) in [5.41, 5.74) is 4.32. The average Bonchev–Trinajstić information content (AvgIpc) is 3.13. The number of H-pyrrole nitrogens is 2. The van der Waals surface area contributed by atoms with Crippen molar-refractivity contribution in [3.63, 3.8) is 0 Å². The zero-order chi connectivity index (χ0) is 21.1. The van der Waals surface area contributed by atoms with Crippen molar-refractivity contribution < 1.29 is 4.79 Å². The maximum atomic E-state index is 12.8. The van der Waals surface area contributed by atoms with Gasteiger partial charge in [-0.05, 0) is 63.1 Å². The van der Waals surface area contributed by atoms with E-state index in [1.54, 1.807) is 18.2 Å².